The average molecular weight is 277 g/mol. The Morgan fingerprint density at radius 2 is 2.06 bits per heavy atom. The Labute approximate surface area is 107 Å². The molecule has 0 aromatic heterocycles. The van der Waals surface area contributed by atoms with E-state index >= 15 is 0 Å². The van der Waals surface area contributed by atoms with Gasteiger partial charge in [-0.25, -0.2) is 8.42 Å². The Hall–Kier alpha value is -1.11. The van der Waals surface area contributed by atoms with Crippen molar-refractivity contribution in [1.82, 2.24) is 5.32 Å². The van der Waals surface area contributed by atoms with Gasteiger partial charge in [0.1, 0.15) is 5.25 Å². The van der Waals surface area contributed by atoms with Crippen LogP contribution in [0.2, 0.25) is 0 Å². The molecule has 0 spiro atoms. The SMILES string of the molecule is CCC(CC(=O)O)NC(=O)C1CCCCS1(=O)=O. The lowest BCUT2D eigenvalue weighted by atomic mass is 10.1. The van der Waals surface area contributed by atoms with Gasteiger partial charge in [-0.2, -0.15) is 0 Å². The Morgan fingerprint density at radius 3 is 2.56 bits per heavy atom. The first-order valence-electron chi connectivity index (χ1n) is 6.10. The van der Waals surface area contributed by atoms with Crippen LogP contribution in [0.4, 0.5) is 0 Å². The minimum Gasteiger partial charge on any atom is -0.481 e. The van der Waals surface area contributed by atoms with E-state index in [1.165, 1.54) is 0 Å². The molecule has 18 heavy (non-hydrogen) atoms. The molecule has 2 N–H and O–H groups in total. The van der Waals surface area contributed by atoms with Crippen LogP contribution in [0, 0.1) is 0 Å². The van der Waals surface area contributed by atoms with Crippen molar-refractivity contribution >= 4 is 21.7 Å². The summed E-state index contributed by atoms with van der Waals surface area (Å²) >= 11 is 0. The number of carbonyl (C=O) groups is 2. The number of amides is 1. The summed E-state index contributed by atoms with van der Waals surface area (Å²) in [4.78, 5) is 22.5. The van der Waals surface area contributed by atoms with Gasteiger partial charge < -0.3 is 10.4 Å². The fourth-order valence-electron chi connectivity index (χ4n) is 2.05. The third-order valence-electron chi connectivity index (χ3n) is 3.13. The first kappa shape index (κ1) is 14.9. The largest absolute Gasteiger partial charge is 0.481 e. The van der Waals surface area contributed by atoms with Gasteiger partial charge in [-0.1, -0.05) is 13.3 Å². The van der Waals surface area contributed by atoms with Crippen LogP contribution < -0.4 is 5.32 Å². The molecule has 6 nitrogen and oxygen atoms in total. The summed E-state index contributed by atoms with van der Waals surface area (Å²) in [6, 6.07) is -0.507. The van der Waals surface area contributed by atoms with Gasteiger partial charge in [0.25, 0.3) is 0 Å². The van der Waals surface area contributed by atoms with Gasteiger partial charge in [-0.05, 0) is 19.3 Å². The molecule has 1 saturated heterocycles. The highest BCUT2D eigenvalue weighted by Crippen LogP contribution is 2.20. The molecule has 7 heteroatoms. The predicted octanol–water partition coefficient (Wildman–Crippen LogP) is 0.323. The second kappa shape index (κ2) is 6.17. The summed E-state index contributed by atoms with van der Waals surface area (Å²) in [5, 5.41) is 10.2. The monoisotopic (exact) mass is 277 g/mol. The zero-order valence-corrected chi connectivity index (χ0v) is 11.2. The number of nitrogens with one attached hydrogen (secondary N) is 1. The molecule has 0 saturated carbocycles. The molecule has 0 aliphatic carbocycles. The maximum Gasteiger partial charge on any atom is 0.305 e. The summed E-state index contributed by atoms with van der Waals surface area (Å²) < 4.78 is 23.5. The molecular formula is C11H19NO5S. The van der Waals surface area contributed by atoms with Gasteiger partial charge in [0.15, 0.2) is 9.84 Å². The summed E-state index contributed by atoms with van der Waals surface area (Å²) in [5.41, 5.74) is 0. The molecule has 0 radical (unpaired) electrons. The molecule has 2 unspecified atom stereocenters. The standard InChI is InChI=1S/C11H19NO5S/c1-2-8(7-10(13)14)12-11(15)9-5-3-4-6-18(9,16)17/h8-9H,2-7H2,1H3,(H,12,15)(H,13,14). The van der Waals surface area contributed by atoms with Crippen molar-refractivity contribution in [3.05, 3.63) is 0 Å². The number of carboxylic acid groups (broad SMARTS) is 1. The predicted molar refractivity (Wildman–Crippen MR) is 65.9 cm³/mol. The minimum absolute atomic E-state index is 0.0425. The summed E-state index contributed by atoms with van der Waals surface area (Å²) in [5.74, 6) is -1.52. The number of hydrogen-bond donors (Lipinski definition) is 2. The Balaban J connectivity index is 2.66. The number of carboxylic acids is 1. The molecule has 1 amide bonds. The van der Waals surface area contributed by atoms with Crippen molar-refractivity contribution < 1.29 is 23.1 Å². The van der Waals surface area contributed by atoms with Gasteiger partial charge >= 0.3 is 5.97 Å². The van der Waals surface area contributed by atoms with Gasteiger partial charge in [0, 0.05) is 6.04 Å². The molecule has 2 atom stereocenters. The molecule has 1 fully saturated rings. The van der Waals surface area contributed by atoms with Gasteiger partial charge in [0.2, 0.25) is 5.91 Å². The van der Waals surface area contributed by atoms with Crippen molar-refractivity contribution in [3.63, 3.8) is 0 Å². The Morgan fingerprint density at radius 1 is 1.39 bits per heavy atom. The lowest BCUT2D eigenvalue weighted by Crippen LogP contribution is -2.47. The van der Waals surface area contributed by atoms with Crippen LogP contribution in [0.1, 0.15) is 39.0 Å². The summed E-state index contributed by atoms with van der Waals surface area (Å²) in [7, 11) is -3.36. The zero-order valence-electron chi connectivity index (χ0n) is 10.4. The van der Waals surface area contributed by atoms with Crippen molar-refractivity contribution in [1.29, 1.82) is 0 Å². The number of carbonyl (C=O) groups excluding carboxylic acids is 1. The van der Waals surface area contributed by atoms with E-state index < -0.39 is 33.0 Å². The highest BCUT2D eigenvalue weighted by Gasteiger charge is 2.35. The van der Waals surface area contributed by atoms with Crippen molar-refractivity contribution in [3.8, 4) is 0 Å². The molecule has 0 bridgehead atoms. The summed E-state index contributed by atoms with van der Waals surface area (Å²) in [6.45, 7) is 1.75. The maximum atomic E-state index is 11.9. The van der Waals surface area contributed by atoms with Crippen LogP contribution in [0.25, 0.3) is 0 Å². The van der Waals surface area contributed by atoms with E-state index in [2.05, 4.69) is 5.32 Å². The minimum atomic E-state index is -3.36. The Kier molecular flexibility index (Phi) is 5.13. The third kappa shape index (κ3) is 3.97. The number of rotatable bonds is 5. The fourth-order valence-corrected chi connectivity index (χ4v) is 3.86. The fraction of sp³-hybridized carbons (Fsp3) is 0.818. The van der Waals surface area contributed by atoms with Crippen molar-refractivity contribution in [2.75, 3.05) is 5.75 Å². The van der Waals surface area contributed by atoms with Crippen molar-refractivity contribution in [2.24, 2.45) is 0 Å². The van der Waals surface area contributed by atoms with Crippen LogP contribution in [0.3, 0.4) is 0 Å². The van der Waals surface area contributed by atoms with Crippen LogP contribution in [-0.4, -0.2) is 42.4 Å². The lowest BCUT2D eigenvalue weighted by Gasteiger charge is -2.24. The number of aliphatic carboxylic acids is 1. The highest BCUT2D eigenvalue weighted by atomic mass is 32.2. The van der Waals surface area contributed by atoms with E-state index in [9.17, 15) is 18.0 Å². The van der Waals surface area contributed by atoms with Gasteiger partial charge in [0.05, 0.1) is 12.2 Å². The summed E-state index contributed by atoms with van der Waals surface area (Å²) in [6.07, 6.45) is 1.92. The quantitative estimate of drug-likeness (QED) is 0.754. The smallest absolute Gasteiger partial charge is 0.305 e. The van der Waals surface area contributed by atoms with E-state index in [0.717, 1.165) is 0 Å². The molecule has 1 heterocycles. The highest BCUT2D eigenvalue weighted by molar-refractivity contribution is 7.92. The van der Waals surface area contributed by atoms with Crippen LogP contribution in [0.5, 0.6) is 0 Å². The normalized spacial score (nSPS) is 24.2. The maximum absolute atomic E-state index is 11.9. The number of hydrogen-bond acceptors (Lipinski definition) is 4. The van der Waals surface area contributed by atoms with Gasteiger partial charge in [-0.15, -0.1) is 0 Å². The van der Waals surface area contributed by atoms with Gasteiger partial charge in [-0.3, -0.25) is 9.59 Å². The molecule has 0 aromatic rings. The first-order valence-corrected chi connectivity index (χ1v) is 7.82. The second-order valence-corrected chi connectivity index (χ2v) is 6.87. The van der Waals surface area contributed by atoms with E-state index in [1.54, 1.807) is 6.92 Å². The third-order valence-corrected chi connectivity index (χ3v) is 5.31. The molecule has 1 rings (SSSR count). The first-order chi connectivity index (χ1) is 8.36. The molecule has 1 aliphatic rings. The van der Waals surface area contributed by atoms with E-state index in [4.69, 9.17) is 5.11 Å². The van der Waals surface area contributed by atoms with Crippen LogP contribution >= 0.6 is 0 Å². The topological polar surface area (TPSA) is 101 Å². The molecule has 104 valence electrons. The molecule has 0 aromatic carbocycles. The lowest BCUT2D eigenvalue weighted by molar-refractivity contribution is -0.137. The van der Waals surface area contributed by atoms with E-state index in [0.29, 0.717) is 25.7 Å². The van der Waals surface area contributed by atoms with Crippen molar-refractivity contribution in [2.45, 2.75) is 50.3 Å². The molecular weight excluding hydrogens is 258 g/mol. The number of sulfone groups is 1. The second-order valence-electron chi connectivity index (χ2n) is 4.56. The van der Waals surface area contributed by atoms with Crippen LogP contribution in [0.15, 0.2) is 0 Å². The van der Waals surface area contributed by atoms with E-state index in [-0.39, 0.29) is 12.2 Å². The molecule has 1 aliphatic heterocycles. The van der Waals surface area contributed by atoms with E-state index in [1.807, 2.05) is 0 Å². The zero-order chi connectivity index (χ0) is 13.8. The van der Waals surface area contributed by atoms with Crippen LogP contribution in [-0.2, 0) is 19.4 Å². The average Bonchev–Trinajstić information content (AvgIpc) is 2.26. The Bertz CT molecular complexity index is 417.